The van der Waals surface area contributed by atoms with Crippen molar-refractivity contribution in [1.29, 1.82) is 0 Å². The number of hydrogen-bond donors (Lipinski definition) is 1. The maximum Gasteiger partial charge on any atom is 0.356 e. The van der Waals surface area contributed by atoms with E-state index in [0.717, 1.165) is 38.0 Å². The number of carbonyl (C=O) groups excluding carboxylic acids is 1. The zero-order valence-corrected chi connectivity index (χ0v) is 10.9. The van der Waals surface area contributed by atoms with Gasteiger partial charge in [0.1, 0.15) is 0 Å². The smallest absolute Gasteiger partial charge is 0.356 e. The van der Waals surface area contributed by atoms with Gasteiger partial charge in [0, 0.05) is 26.2 Å². The van der Waals surface area contributed by atoms with Crippen LogP contribution in [0.2, 0.25) is 0 Å². The summed E-state index contributed by atoms with van der Waals surface area (Å²) in [5, 5.41) is 8.75. The van der Waals surface area contributed by atoms with E-state index in [9.17, 15) is 9.59 Å². The molecule has 0 unspecified atom stereocenters. The lowest BCUT2D eigenvalue weighted by molar-refractivity contribution is -0.130. The summed E-state index contributed by atoms with van der Waals surface area (Å²) in [6.45, 7) is 3.16. The van der Waals surface area contributed by atoms with Crippen LogP contribution in [-0.2, 0) is 11.2 Å². The SMILES string of the molecule is CC(=O)N1CCC[C@H](Cc2cnc(C(=O)O)cn2)C1. The lowest BCUT2D eigenvalue weighted by atomic mass is 9.93. The summed E-state index contributed by atoms with van der Waals surface area (Å²) in [6.07, 6.45) is 5.59. The minimum atomic E-state index is -1.07. The number of amides is 1. The second-order valence-electron chi connectivity index (χ2n) is 4.88. The molecule has 2 rings (SSSR count). The van der Waals surface area contributed by atoms with Gasteiger partial charge >= 0.3 is 5.97 Å². The van der Waals surface area contributed by atoms with Gasteiger partial charge in [-0.2, -0.15) is 0 Å². The lowest BCUT2D eigenvalue weighted by Crippen LogP contribution is -2.39. The molecule has 2 heterocycles. The monoisotopic (exact) mass is 263 g/mol. The third-order valence-electron chi connectivity index (χ3n) is 3.39. The van der Waals surface area contributed by atoms with Crippen molar-refractivity contribution in [3.8, 4) is 0 Å². The second-order valence-corrected chi connectivity index (χ2v) is 4.88. The first-order chi connectivity index (χ1) is 9.06. The molecule has 102 valence electrons. The van der Waals surface area contributed by atoms with Crippen LogP contribution in [0.5, 0.6) is 0 Å². The van der Waals surface area contributed by atoms with Gasteiger partial charge in [-0.1, -0.05) is 0 Å². The van der Waals surface area contributed by atoms with Crippen molar-refractivity contribution in [2.45, 2.75) is 26.2 Å². The highest BCUT2D eigenvalue weighted by molar-refractivity contribution is 5.84. The first-order valence-electron chi connectivity index (χ1n) is 6.36. The zero-order chi connectivity index (χ0) is 13.8. The van der Waals surface area contributed by atoms with Gasteiger partial charge in [0.15, 0.2) is 5.69 Å². The van der Waals surface area contributed by atoms with Crippen molar-refractivity contribution < 1.29 is 14.7 Å². The van der Waals surface area contributed by atoms with Crippen molar-refractivity contribution in [2.24, 2.45) is 5.92 Å². The minimum absolute atomic E-state index is 0.0437. The van der Waals surface area contributed by atoms with Crippen LogP contribution in [0.25, 0.3) is 0 Å². The third kappa shape index (κ3) is 3.49. The Hall–Kier alpha value is -1.98. The number of piperidine rings is 1. The molecule has 1 saturated heterocycles. The van der Waals surface area contributed by atoms with E-state index in [0.29, 0.717) is 5.92 Å². The summed E-state index contributed by atoms with van der Waals surface area (Å²) in [7, 11) is 0. The number of nitrogens with zero attached hydrogens (tertiary/aromatic N) is 3. The predicted octanol–water partition coefficient (Wildman–Crippen LogP) is 0.976. The largest absolute Gasteiger partial charge is 0.476 e. The fourth-order valence-electron chi connectivity index (χ4n) is 2.38. The Kier molecular flexibility index (Phi) is 4.09. The van der Waals surface area contributed by atoms with Crippen molar-refractivity contribution in [3.05, 3.63) is 23.8 Å². The van der Waals surface area contributed by atoms with Crippen LogP contribution in [0.1, 0.15) is 35.9 Å². The summed E-state index contributed by atoms with van der Waals surface area (Å²) in [5.74, 6) is -0.584. The number of hydrogen-bond acceptors (Lipinski definition) is 4. The Morgan fingerprint density at radius 3 is 2.79 bits per heavy atom. The van der Waals surface area contributed by atoms with E-state index in [-0.39, 0.29) is 11.6 Å². The average Bonchev–Trinajstić information content (AvgIpc) is 2.39. The molecule has 1 amide bonds. The summed E-state index contributed by atoms with van der Waals surface area (Å²) in [5.41, 5.74) is 0.734. The standard InChI is InChI=1S/C13H17N3O3/c1-9(17)16-4-2-3-10(8-16)5-11-6-15-12(7-14-11)13(18)19/h6-7,10H,2-5,8H2,1H3,(H,18,19)/t10-/m1/s1. The molecule has 1 aliphatic heterocycles. The van der Waals surface area contributed by atoms with E-state index in [2.05, 4.69) is 9.97 Å². The van der Waals surface area contributed by atoms with Crippen LogP contribution in [0, 0.1) is 5.92 Å². The van der Waals surface area contributed by atoms with Gasteiger partial charge in [-0.15, -0.1) is 0 Å². The second kappa shape index (κ2) is 5.77. The molecule has 19 heavy (non-hydrogen) atoms. The van der Waals surface area contributed by atoms with E-state index >= 15 is 0 Å². The fraction of sp³-hybridized carbons (Fsp3) is 0.538. The number of rotatable bonds is 3. The van der Waals surface area contributed by atoms with Crippen LogP contribution in [0.4, 0.5) is 0 Å². The molecule has 6 nitrogen and oxygen atoms in total. The minimum Gasteiger partial charge on any atom is -0.476 e. The lowest BCUT2D eigenvalue weighted by Gasteiger charge is -2.31. The summed E-state index contributed by atoms with van der Waals surface area (Å²) in [4.78, 5) is 31.8. The molecule has 1 atom stereocenters. The number of carboxylic acid groups (broad SMARTS) is 1. The summed E-state index contributed by atoms with van der Waals surface area (Å²) >= 11 is 0. The van der Waals surface area contributed by atoms with E-state index in [4.69, 9.17) is 5.11 Å². The molecule has 0 bridgehead atoms. The van der Waals surface area contributed by atoms with Gasteiger partial charge in [-0.25, -0.2) is 9.78 Å². The molecule has 0 aromatic carbocycles. The normalized spacial score (nSPS) is 19.2. The van der Waals surface area contributed by atoms with Crippen LogP contribution in [0.15, 0.2) is 12.4 Å². The van der Waals surface area contributed by atoms with Gasteiger partial charge in [0.25, 0.3) is 0 Å². The van der Waals surface area contributed by atoms with Gasteiger partial charge < -0.3 is 10.0 Å². The average molecular weight is 263 g/mol. The molecule has 1 N–H and O–H groups in total. The molecule has 0 spiro atoms. The molecule has 1 aromatic rings. The number of likely N-dealkylation sites (tertiary alicyclic amines) is 1. The van der Waals surface area contributed by atoms with Gasteiger partial charge in [-0.05, 0) is 25.2 Å². The van der Waals surface area contributed by atoms with E-state index in [1.165, 1.54) is 12.4 Å². The number of aromatic carboxylic acids is 1. The third-order valence-corrected chi connectivity index (χ3v) is 3.39. The number of carbonyl (C=O) groups is 2. The topological polar surface area (TPSA) is 83.4 Å². The van der Waals surface area contributed by atoms with Crippen molar-refractivity contribution in [2.75, 3.05) is 13.1 Å². The zero-order valence-electron chi connectivity index (χ0n) is 10.9. The van der Waals surface area contributed by atoms with Crippen LogP contribution >= 0.6 is 0 Å². The highest BCUT2D eigenvalue weighted by Gasteiger charge is 2.22. The Morgan fingerprint density at radius 1 is 1.42 bits per heavy atom. The van der Waals surface area contributed by atoms with Gasteiger partial charge in [0.2, 0.25) is 5.91 Å². The Labute approximate surface area is 111 Å². The van der Waals surface area contributed by atoms with Gasteiger partial charge in [0.05, 0.1) is 11.9 Å². The van der Waals surface area contributed by atoms with Crippen molar-refractivity contribution in [3.63, 3.8) is 0 Å². The first-order valence-corrected chi connectivity index (χ1v) is 6.36. The molecule has 1 fully saturated rings. The summed E-state index contributed by atoms with van der Waals surface area (Å²) < 4.78 is 0. The van der Waals surface area contributed by atoms with Crippen molar-refractivity contribution >= 4 is 11.9 Å². The highest BCUT2D eigenvalue weighted by atomic mass is 16.4. The molecule has 6 heteroatoms. The molecule has 0 saturated carbocycles. The number of aromatic nitrogens is 2. The Balaban J connectivity index is 1.96. The molecule has 1 aliphatic rings. The molecule has 0 aliphatic carbocycles. The molecular weight excluding hydrogens is 246 g/mol. The first kappa shape index (κ1) is 13.5. The maximum atomic E-state index is 11.3. The molecule has 0 radical (unpaired) electrons. The number of carboxylic acids is 1. The van der Waals surface area contributed by atoms with Crippen LogP contribution in [0.3, 0.4) is 0 Å². The highest BCUT2D eigenvalue weighted by Crippen LogP contribution is 2.19. The quantitative estimate of drug-likeness (QED) is 0.878. The van der Waals surface area contributed by atoms with Crippen molar-refractivity contribution in [1.82, 2.24) is 14.9 Å². The van der Waals surface area contributed by atoms with E-state index in [1.807, 2.05) is 4.90 Å². The van der Waals surface area contributed by atoms with E-state index < -0.39 is 5.97 Å². The Morgan fingerprint density at radius 2 is 2.21 bits per heavy atom. The van der Waals surface area contributed by atoms with Crippen LogP contribution in [-0.4, -0.2) is 44.9 Å². The van der Waals surface area contributed by atoms with E-state index in [1.54, 1.807) is 6.92 Å². The van der Waals surface area contributed by atoms with Crippen LogP contribution < -0.4 is 0 Å². The fourth-order valence-corrected chi connectivity index (χ4v) is 2.38. The molecular formula is C13H17N3O3. The predicted molar refractivity (Wildman–Crippen MR) is 67.7 cm³/mol. The Bertz CT molecular complexity index is 473. The maximum absolute atomic E-state index is 11.3. The summed E-state index contributed by atoms with van der Waals surface area (Å²) in [6, 6.07) is 0. The van der Waals surface area contributed by atoms with Gasteiger partial charge in [-0.3, -0.25) is 9.78 Å². The molecule has 1 aromatic heterocycles.